The average molecular weight is 342 g/mol. The van der Waals surface area contributed by atoms with Crippen LogP contribution in [-0.2, 0) is 11.2 Å². The number of halogens is 1. The number of rotatable bonds is 6. The number of hydrogen-bond donors (Lipinski definition) is 2. The van der Waals surface area contributed by atoms with E-state index < -0.39 is 5.54 Å². The number of hydrogen-bond acceptors (Lipinski definition) is 3. The Morgan fingerprint density at radius 2 is 2.25 bits per heavy atom. The molecule has 1 aromatic rings. The molecule has 4 nitrogen and oxygen atoms in total. The maximum absolute atomic E-state index is 12.2. The molecule has 0 spiro atoms. The molecule has 0 radical (unpaired) electrons. The lowest BCUT2D eigenvalue weighted by molar-refractivity contribution is -0.123. The first-order valence-electron chi connectivity index (χ1n) is 6.73. The normalized spacial score (nSPS) is 17.4. The van der Waals surface area contributed by atoms with Crippen LogP contribution in [0.15, 0.2) is 22.7 Å². The van der Waals surface area contributed by atoms with E-state index >= 15 is 0 Å². The minimum absolute atomic E-state index is 0.0251. The molecule has 1 aromatic carbocycles. The minimum Gasteiger partial charge on any atom is -0.497 e. The van der Waals surface area contributed by atoms with Crippen molar-refractivity contribution in [3.05, 3.63) is 28.2 Å². The van der Waals surface area contributed by atoms with Crippen molar-refractivity contribution in [2.75, 3.05) is 13.7 Å². The van der Waals surface area contributed by atoms with Crippen LogP contribution in [0, 0.1) is 5.92 Å². The molecule has 0 bridgehead atoms. The molecule has 0 saturated heterocycles. The lowest BCUT2D eigenvalue weighted by Gasteiger charge is -2.28. The van der Waals surface area contributed by atoms with Gasteiger partial charge in [0.15, 0.2) is 0 Å². The molecule has 1 amide bonds. The first-order valence-corrected chi connectivity index (χ1v) is 7.52. The van der Waals surface area contributed by atoms with Crippen molar-refractivity contribution >= 4 is 21.8 Å². The predicted octanol–water partition coefficient (Wildman–Crippen LogP) is 2.28. The summed E-state index contributed by atoms with van der Waals surface area (Å²) in [6.07, 6.45) is 2.40. The second-order valence-electron chi connectivity index (χ2n) is 5.53. The van der Waals surface area contributed by atoms with E-state index in [1.54, 1.807) is 7.11 Å². The Kier molecular flexibility index (Phi) is 4.70. The highest BCUT2D eigenvalue weighted by Crippen LogP contribution is 2.39. The van der Waals surface area contributed by atoms with Crippen LogP contribution in [0.2, 0.25) is 0 Å². The third kappa shape index (κ3) is 3.52. The smallest absolute Gasteiger partial charge is 0.224 e. The van der Waals surface area contributed by atoms with Gasteiger partial charge in [-0.25, -0.2) is 0 Å². The monoisotopic (exact) mass is 341 g/mol. The molecular formula is C15H20BrNO3. The zero-order valence-electron chi connectivity index (χ0n) is 11.8. The van der Waals surface area contributed by atoms with Crippen LogP contribution in [0.3, 0.4) is 0 Å². The second-order valence-corrected chi connectivity index (χ2v) is 6.39. The molecule has 0 heterocycles. The van der Waals surface area contributed by atoms with Gasteiger partial charge in [0, 0.05) is 4.47 Å². The summed E-state index contributed by atoms with van der Waals surface area (Å²) in [4.78, 5) is 12.2. The lowest BCUT2D eigenvalue weighted by Crippen LogP contribution is -2.51. The van der Waals surface area contributed by atoms with E-state index in [2.05, 4.69) is 21.2 Å². The third-order valence-electron chi connectivity index (χ3n) is 3.84. The van der Waals surface area contributed by atoms with E-state index in [0.29, 0.717) is 5.92 Å². The zero-order chi connectivity index (χ0) is 14.8. The molecule has 2 rings (SSSR count). The number of aliphatic hydroxyl groups excluding tert-OH is 1. The van der Waals surface area contributed by atoms with Gasteiger partial charge in [0.05, 0.1) is 25.7 Å². The number of aliphatic hydroxyl groups is 1. The fraction of sp³-hybridized carbons (Fsp3) is 0.533. The summed E-state index contributed by atoms with van der Waals surface area (Å²) in [6.45, 7) is 1.88. The van der Waals surface area contributed by atoms with E-state index in [4.69, 9.17) is 4.74 Å². The van der Waals surface area contributed by atoms with Gasteiger partial charge in [0.1, 0.15) is 5.75 Å². The SMILES string of the molecule is COc1ccc(Br)c(CC(=O)NC(C)(CO)C2CC2)c1. The number of carbonyl (C=O) groups excluding carboxylic acids is 1. The van der Waals surface area contributed by atoms with Gasteiger partial charge in [-0.1, -0.05) is 15.9 Å². The lowest BCUT2D eigenvalue weighted by atomic mass is 9.96. The Morgan fingerprint density at radius 1 is 1.55 bits per heavy atom. The van der Waals surface area contributed by atoms with E-state index in [1.807, 2.05) is 25.1 Å². The van der Waals surface area contributed by atoms with Crippen molar-refractivity contribution < 1.29 is 14.6 Å². The van der Waals surface area contributed by atoms with Gasteiger partial charge in [0.25, 0.3) is 0 Å². The first kappa shape index (κ1) is 15.3. The highest BCUT2D eigenvalue weighted by Gasteiger charge is 2.42. The molecule has 1 unspecified atom stereocenters. The predicted molar refractivity (Wildman–Crippen MR) is 80.8 cm³/mol. The Labute approximate surface area is 127 Å². The van der Waals surface area contributed by atoms with Crippen molar-refractivity contribution in [1.82, 2.24) is 5.32 Å². The fourth-order valence-corrected chi connectivity index (χ4v) is 2.73. The van der Waals surface area contributed by atoms with Crippen molar-refractivity contribution in [2.45, 2.75) is 31.7 Å². The highest BCUT2D eigenvalue weighted by atomic mass is 79.9. The number of nitrogens with one attached hydrogen (secondary N) is 1. The van der Waals surface area contributed by atoms with E-state index in [-0.39, 0.29) is 18.9 Å². The number of amides is 1. The van der Waals surface area contributed by atoms with Crippen LogP contribution in [0.5, 0.6) is 5.75 Å². The Hall–Kier alpha value is -1.07. The van der Waals surface area contributed by atoms with Crippen molar-refractivity contribution in [2.24, 2.45) is 5.92 Å². The van der Waals surface area contributed by atoms with Gasteiger partial charge in [-0.15, -0.1) is 0 Å². The van der Waals surface area contributed by atoms with Crippen LogP contribution in [0.25, 0.3) is 0 Å². The highest BCUT2D eigenvalue weighted by molar-refractivity contribution is 9.10. The van der Waals surface area contributed by atoms with Gasteiger partial charge in [-0.2, -0.15) is 0 Å². The topological polar surface area (TPSA) is 58.6 Å². The first-order chi connectivity index (χ1) is 9.48. The molecular weight excluding hydrogens is 322 g/mol. The van der Waals surface area contributed by atoms with Crippen molar-refractivity contribution in [3.63, 3.8) is 0 Å². The number of methoxy groups -OCH3 is 1. The summed E-state index contributed by atoms with van der Waals surface area (Å²) in [7, 11) is 1.60. The standard InChI is InChI=1S/C15H20BrNO3/c1-15(9-18,11-3-4-11)17-14(19)8-10-7-12(20-2)5-6-13(10)16/h5-7,11,18H,3-4,8-9H2,1-2H3,(H,17,19). The summed E-state index contributed by atoms with van der Waals surface area (Å²) in [5, 5.41) is 12.5. The zero-order valence-corrected chi connectivity index (χ0v) is 13.4. The maximum atomic E-state index is 12.2. The van der Waals surface area contributed by atoms with E-state index in [0.717, 1.165) is 28.6 Å². The van der Waals surface area contributed by atoms with Crippen LogP contribution in [-0.4, -0.2) is 30.3 Å². The molecule has 1 saturated carbocycles. The molecule has 5 heteroatoms. The van der Waals surface area contributed by atoms with Crippen LogP contribution >= 0.6 is 15.9 Å². The summed E-state index contributed by atoms with van der Waals surface area (Å²) < 4.78 is 6.05. The Balaban J connectivity index is 2.04. The summed E-state index contributed by atoms with van der Waals surface area (Å²) in [5.41, 5.74) is 0.375. The van der Waals surface area contributed by atoms with Crippen LogP contribution in [0.4, 0.5) is 0 Å². The van der Waals surface area contributed by atoms with Gasteiger partial charge in [-0.3, -0.25) is 4.79 Å². The average Bonchev–Trinajstić information content (AvgIpc) is 3.26. The molecule has 1 aliphatic rings. The maximum Gasteiger partial charge on any atom is 0.224 e. The van der Waals surface area contributed by atoms with E-state index in [9.17, 15) is 9.90 Å². The number of carbonyl (C=O) groups is 1. The quantitative estimate of drug-likeness (QED) is 0.834. The Morgan fingerprint density at radius 3 is 2.80 bits per heavy atom. The molecule has 110 valence electrons. The minimum atomic E-state index is -0.498. The molecule has 1 atom stereocenters. The largest absolute Gasteiger partial charge is 0.497 e. The molecule has 1 fully saturated rings. The van der Waals surface area contributed by atoms with Gasteiger partial charge in [0.2, 0.25) is 5.91 Å². The van der Waals surface area contributed by atoms with Gasteiger partial charge < -0.3 is 15.2 Å². The molecule has 20 heavy (non-hydrogen) atoms. The second kappa shape index (κ2) is 6.14. The van der Waals surface area contributed by atoms with Crippen LogP contribution < -0.4 is 10.1 Å². The summed E-state index contributed by atoms with van der Waals surface area (Å²) in [6, 6.07) is 5.55. The van der Waals surface area contributed by atoms with Crippen molar-refractivity contribution in [1.29, 1.82) is 0 Å². The molecule has 0 aromatic heterocycles. The van der Waals surface area contributed by atoms with Gasteiger partial charge >= 0.3 is 0 Å². The fourth-order valence-electron chi connectivity index (χ4n) is 2.34. The van der Waals surface area contributed by atoms with Gasteiger partial charge in [-0.05, 0) is 49.4 Å². The third-order valence-corrected chi connectivity index (χ3v) is 4.61. The number of benzene rings is 1. The Bertz CT molecular complexity index is 502. The van der Waals surface area contributed by atoms with Crippen LogP contribution in [0.1, 0.15) is 25.3 Å². The molecule has 1 aliphatic carbocycles. The molecule has 0 aliphatic heterocycles. The summed E-state index contributed by atoms with van der Waals surface area (Å²) >= 11 is 3.44. The number of ether oxygens (including phenoxy) is 1. The molecule has 2 N–H and O–H groups in total. The van der Waals surface area contributed by atoms with Crippen molar-refractivity contribution in [3.8, 4) is 5.75 Å². The van der Waals surface area contributed by atoms with E-state index in [1.165, 1.54) is 0 Å². The summed E-state index contributed by atoms with van der Waals surface area (Å²) in [5.74, 6) is 1.04.